The fourth-order valence-corrected chi connectivity index (χ4v) is 5.08. The summed E-state index contributed by atoms with van der Waals surface area (Å²) in [5.41, 5.74) is 4.31. The lowest BCUT2D eigenvalue weighted by molar-refractivity contribution is -0.128. The Hall–Kier alpha value is -3.78. The first-order chi connectivity index (χ1) is 17.4. The van der Waals surface area contributed by atoms with Crippen LogP contribution in [0.3, 0.4) is 0 Å². The first-order valence-corrected chi connectivity index (χ1v) is 12.1. The number of nitrogens with zero attached hydrogens (tertiary/aromatic N) is 5. The van der Waals surface area contributed by atoms with Gasteiger partial charge in [0.15, 0.2) is 11.6 Å². The number of halogens is 2. The van der Waals surface area contributed by atoms with Crippen LogP contribution < -0.4 is 9.64 Å². The standard InChI is InChI=1S/C27H25ClFN5O2/c1-4-18-20(19-9-5-7-17-8-6-10-21(28)22(17)19)15-30-24-23(18)31-27(36-3)32-25(24)33-11-13-34(14-12-33)26(35)16(2)29/h5-10,15H,2,4,11-14H2,1,3H3. The van der Waals surface area contributed by atoms with Crippen molar-refractivity contribution in [1.82, 2.24) is 19.9 Å². The molecular formula is C27H25ClFN5O2. The maximum atomic E-state index is 13.3. The van der Waals surface area contributed by atoms with Gasteiger partial charge in [-0.3, -0.25) is 9.78 Å². The fraction of sp³-hybridized carbons (Fsp3) is 0.259. The van der Waals surface area contributed by atoms with Crippen LogP contribution in [0, 0.1) is 0 Å². The van der Waals surface area contributed by atoms with Gasteiger partial charge in [-0.05, 0) is 29.0 Å². The van der Waals surface area contributed by atoms with Crippen LogP contribution in [-0.4, -0.2) is 59.0 Å². The zero-order valence-corrected chi connectivity index (χ0v) is 20.8. The SMILES string of the molecule is C=C(F)C(=O)N1CCN(c2nc(OC)nc3c(CC)c(-c4cccc5cccc(Cl)c45)cnc23)CC1. The third-order valence-corrected chi connectivity index (χ3v) is 6.87. The number of pyridine rings is 1. The van der Waals surface area contributed by atoms with Gasteiger partial charge in [-0.25, -0.2) is 4.39 Å². The summed E-state index contributed by atoms with van der Waals surface area (Å²) in [7, 11) is 1.53. The average molecular weight is 506 g/mol. The van der Waals surface area contributed by atoms with Crippen LogP contribution in [0.2, 0.25) is 5.02 Å². The molecule has 9 heteroatoms. The van der Waals surface area contributed by atoms with Crippen LogP contribution in [0.4, 0.5) is 10.2 Å². The van der Waals surface area contributed by atoms with Crippen molar-refractivity contribution in [3.05, 3.63) is 65.6 Å². The minimum Gasteiger partial charge on any atom is -0.467 e. The molecule has 3 heterocycles. The van der Waals surface area contributed by atoms with Crippen molar-refractivity contribution in [3.63, 3.8) is 0 Å². The molecule has 1 aliphatic heterocycles. The predicted molar refractivity (Wildman–Crippen MR) is 140 cm³/mol. The normalized spacial score (nSPS) is 13.9. The van der Waals surface area contributed by atoms with Crippen molar-refractivity contribution < 1.29 is 13.9 Å². The van der Waals surface area contributed by atoms with Gasteiger partial charge in [0.1, 0.15) is 11.0 Å². The largest absolute Gasteiger partial charge is 0.467 e. The quantitative estimate of drug-likeness (QED) is 0.347. The van der Waals surface area contributed by atoms with Crippen LogP contribution >= 0.6 is 11.6 Å². The summed E-state index contributed by atoms with van der Waals surface area (Å²) in [6.45, 7) is 6.84. The molecule has 0 saturated carbocycles. The maximum Gasteiger partial charge on any atom is 0.318 e. The number of ether oxygens (including phenoxy) is 1. The molecule has 0 aliphatic carbocycles. The lowest BCUT2D eigenvalue weighted by Gasteiger charge is -2.35. The maximum absolute atomic E-state index is 13.3. The van der Waals surface area contributed by atoms with E-state index in [0.717, 1.165) is 27.5 Å². The molecule has 0 N–H and O–H groups in total. The third kappa shape index (κ3) is 4.11. The number of piperazine rings is 1. The smallest absolute Gasteiger partial charge is 0.318 e. The first kappa shape index (κ1) is 23.9. The van der Waals surface area contributed by atoms with E-state index in [9.17, 15) is 9.18 Å². The highest BCUT2D eigenvalue weighted by Crippen LogP contribution is 2.38. The van der Waals surface area contributed by atoms with E-state index >= 15 is 0 Å². The van der Waals surface area contributed by atoms with E-state index in [-0.39, 0.29) is 6.01 Å². The summed E-state index contributed by atoms with van der Waals surface area (Å²) in [4.78, 5) is 29.6. The number of benzene rings is 2. The second-order valence-corrected chi connectivity index (χ2v) is 8.97. The second kappa shape index (κ2) is 9.70. The molecule has 0 unspecified atom stereocenters. The summed E-state index contributed by atoms with van der Waals surface area (Å²) < 4.78 is 18.8. The Morgan fingerprint density at radius 1 is 1.08 bits per heavy atom. The number of fused-ring (bicyclic) bond motifs is 2. The first-order valence-electron chi connectivity index (χ1n) is 11.7. The number of amides is 1. The lowest BCUT2D eigenvalue weighted by atomic mass is 9.94. The highest BCUT2D eigenvalue weighted by Gasteiger charge is 2.27. The Bertz CT molecular complexity index is 1500. The molecule has 1 fully saturated rings. The van der Waals surface area contributed by atoms with Crippen molar-refractivity contribution in [2.45, 2.75) is 13.3 Å². The molecular weight excluding hydrogens is 481 g/mol. The highest BCUT2D eigenvalue weighted by atomic mass is 35.5. The molecule has 0 radical (unpaired) electrons. The number of hydrogen-bond donors (Lipinski definition) is 0. The van der Waals surface area contributed by atoms with E-state index in [1.807, 2.05) is 47.5 Å². The summed E-state index contributed by atoms with van der Waals surface area (Å²) >= 11 is 6.62. The molecule has 0 atom stereocenters. The van der Waals surface area contributed by atoms with Crippen molar-refractivity contribution >= 4 is 45.1 Å². The summed E-state index contributed by atoms with van der Waals surface area (Å²) in [6, 6.07) is 12.2. The average Bonchev–Trinajstić information content (AvgIpc) is 2.91. The number of carbonyl (C=O) groups excluding carboxylic acids is 1. The second-order valence-electron chi connectivity index (χ2n) is 8.56. The van der Waals surface area contributed by atoms with Crippen LogP contribution in [0.15, 0.2) is 55.0 Å². The summed E-state index contributed by atoms with van der Waals surface area (Å²) in [5, 5.41) is 2.69. The van der Waals surface area contributed by atoms with E-state index in [0.29, 0.717) is 54.5 Å². The van der Waals surface area contributed by atoms with Crippen molar-refractivity contribution in [2.75, 3.05) is 38.2 Å². The molecule has 1 aliphatic rings. The molecule has 184 valence electrons. The number of methoxy groups -OCH3 is 1. The van der Waals surface area contributed by atoms with Gasteiger partial charge in [0.05, 0.1) is 7.11 Å². The summed E-state index contributed by atoms with van der Waals surface area (Å²) in [5.74, 6) is -1.00. The zero-order chi connectivity index (χ0) is 25.4. The van der Waals surface area contributed by atoms with E-state index in [1.54, 1.807) is 0 Å². The number of anilines is 1. The van der Waals surface area contributed by atoms with Crippen molar-refractivity contribution in [1.29, 1.82) is 0 Å². The topological polar surface area (TPSA) is 71.5 Å². The minimum absolute atomic E-state index is 0.234. The Morgan fingerprint density at radius 3 is 2.47 bits per heavy atom. The number of carbonyl (C=O) groups is 1. The molecule has 5 rings (SSSR count). The van der Waals surface area contributed by atoms with Crippen LogP contribution in [0.25, 0.3) is 32.9 Å². The van der Waals surface area contributed by atoms with E-state index in [4.69, 9.17) is 26.3 Å². The number of aryl methyl sites for hydroxylation is 1. The fourth-order valence-electron chi connectivity index (χ4n) is 4.80. The van der Waals surface area contributed by atoms with Crippen LogP contribution in [0.1, 0.15) is 12.5 Å². The van der Waals surface area contributed by atoms with Gasteiger partial charge in [0, 0.05) is 48.3 Å². The van der Waals surface area contributed by atoms with Gasteiger partial charge in [-0.1, -0.05) is 55.4 Å². The minimum atomic E-state index is -0.951. The molecule has 1 amide bonds. The van der Waals surface area contributed by atoms with Crippen LogP contribution in [-0.2, 0) is 11.2 Å². The van der Waals surface area contributed by atoms with E-state index in [2.05, 4.69) is 18.5 Å². The van der Waals surface area contributed by atoms with Gasteiger partial charge < -0.3 is 14.5 Å². The Labute approximate surface area is 213 Å². The lowest BCUT2D eigenvalue weighted by Crippen LogP contribution is -2.49. The van der Waals surface area contributed by atoms with E-state index < -0.39 is 11.7 Å². The van der Waals surface area contributed by atoms with Gasteiger partial charge in [-0.15, -0.1) is 0 Å². The summed E-state index contributed by atoms with van der Waals surface area (Å²) in [6.07, 6.45) is 2.56. The van der Waals surface area contributed by atoms with Gasteiger partial charge >= 0.3 is 6.01 Å². The Morgan fingerprint density at radius 2 is 1.81 bits per heavy atom. The molecule has 1 saturated heterocycles. The number of rotatable bonds is 5. The van der Waals surface area contributed by atoms with Crippen molar-refractivity contribution in [3.8, 4) is 17.1 Å². The highest BCUT2D eigenvalue weighted by molar-refractivity contribution is 6.36. The third-order valence-electron chi connectivity index (χ3n) is 6.56. The van der Waals surface area contributed by atoms with Gasteiger partial charge in [0.25, 0.3) is 5.91 Å². The van der Waals surface area contributed by atoms with Crippen LogP contribution in [0.5, 0.6) is 6.01 Å². The molecule has 4 aromatic rings. The molecule has 36 heavy (non-hydrogen) atoms. The Balaban J connectivity index is 1.64. The number of aromatic nitrogens is 3. The molecule has 0 spiro atoms. The van der Waals surface area contributed by atoms with E-state index in [1.165, 1.54) is 12.0 Å². The molecule has 2 aromatic carbocycles. The Kier molecular flexibility index (Phi) is 6.45. The monoisotopic (exact) mass is 505 g/mol. The van der Waals surface area contributed by atoms with Gasteiger partial charge in [0.2, 0.25) is 0 Å². The molecule has 7 nitrogen and oxygen atoms in total. The molecule has 2 aromatic heterocycles. The predicted octanol–water partition coefficient (Wildman–Crippen LogP) is 5.20. The van der Waals surface area contributed by atoms with Crippen molar-refractivity contribution in [2.24, 2.45) is 0 Å². The molecule has 0 bridgehead atoms. The van der Waals surface area contributed by atoms with Gasteiger partial charge in [-0.2, -0.15) is 9.97 Å². The zero-order valence-electron chi connectivity index (χ0n) is 20.1. The number of hydrogen-bond acceptors (Lipinski definition) is 6.